The summed E-state index contributed by atoms with van der Waals surface area (Å²) in [7, 11) is 2.94. The van der Waals surface area contributed by atoms with Gasteiger partial charge in [0, 0.05) is 0 Å². The van der Waals surface area contributed by atoms with E-state index < -0.39 is 0 Å². The summed E-state index contributed by atoms with van der Waals surface area (Å²) in [4.78, 5) is 12.4. The van der Waals surface area contributed by atoms with Crippen molar-refractivity contribution >= 4 is 0 Å². The molecule has 0 spiro atoms. The zero-order valence-electron chi connectivity index (χ0n) is 14.9. The lowest BCUT2D eigenvalue weighted by molar-refractivity contribution is 0.289. The Labute approximate surface area is 147 Å². The van der Waals surface area contributed by atoms with E-state index in [0.29, 0.717) is 23.9 Å². The molecule has 25 heavy (non-hydrogen) atoms. The van der Waals surface area contributed by atoms with E-state index in [1.54, 1.807) is 0 Å². The molecular weight excluding hydrogens is 324 g/mol. The van der Waals surface area contributed by atoms with Crippen molar-refractivity contribution < 1.29 is 14.2 Å². The van der Waals surface area contributed by atoms with Crippen LogP contribution in [0, 0.1) is 0 Å². The second kappa shape index (κ2) is 10.3. The van der Waals surface area contributed by atoms with Crippen LogP contribution in [0.25, 0.3) is 11.4 Å². The SMILES string of the molecule is CCCCCCCCOc1nnncc1-c1nc(OC)nc(OC)n1. The normalized spacial score (nSPS) is 10.5. The molecule has 0 amide bonds. The molecule has 0 fully saturated rings. The Balaban J connectivity index is 2.03. The van der Waals surface area contributed by atoms with Gasteiger partial charge in [-0.15, -0.1) is 10.1 Å². The third kappa shape index (κ3) is 5.77. The highest BCUT2D eigenvalue weighted by molar-refractivity contribution is 5.60. The van der Waals surface area contributed by atoms with Crippen LogP contribution in [0.2, 0.25) is 0 Å². The summed E-state index contributed by atoms with van der Waals surface area (Å²) in [6.45, 7) is 2.76. The third-order valence-corrected chi connectivity index (χ3v) is 3.54. The van der Waals surface area contributed by atoms with E-state index in [4.69, 9.17) is 14.2 Å². The van der Waals surface area contributed by atoms with Gasteiger partial charge in [0.2, 0.25) is 5.88 Å². The number of methoxy groups -OCH3 is 2. The maximum Gasteiger partial charge on any atom is 0.322 e. The van der Waals surface area contributed by atoms with Crippen molar-refractivity contribution in [2.24, 2.45) is 0 Å². The second-order valence-corrected chi connectivity index (χ2v) is 5.40. The van der Waals surface area contributed by atoms with E-state index in [0.717, 1.165) is 12.8 Å². The number of hydrogen-bond acceptors (Lipinski definition) is 9. The predicted molar refractivity (Wildman–Crippen MR) is 90.6 cm³/mol. The fourth-order valence-corrected chi connectivity index (χ4v) is 2.21. The van der Waals surface area contributed by atoms with Crippen molar-refractivity contribution in [2.45, 2.75) is 45.4 Å². The molecule has 0 unspecified atom stereocenters. The van der Waals surface area contributed by atoms with Gasteiger partial charge in [-0.1, -0.05) is 44.1 Å². The fourth-order valence-electron chi connectivity index (χ4n) is 2.21. The van der Waals surface area contributed by atoms with E-state index in [2.05, 4.69) is 37.3 Å². The van der Waals surface area contributed by atoms with Gasteiger partial charge in [0.15, 0.2) is 5.82 Å². The molecule has 0 aliphatic carbocycles. The van der Waals surface area contributed by atoms with Crippen LogP contribution in [0.15, 0.2) is 6.20 Å². The van der Waals surface area contributed by atoms with Gasteiger partial charge >= 0.3 is 12.0 Å². The van der Waals surface area contributed by atoms with Crippen LogP contribution in [-0.4, -0.2) is 51.2 Å². The van der Waals surface area contributed by atoms with Crippen LogP contribution in [0.4, 0.5) is 0 Å². The Hall–Kier alpha value is -2.58. The molecule has 9 heteroatoms. The number of unbranched alkanes of at least 4 members (excludes halogenated alkanes) is 5. The minimum absolute atomic E-state index is 0.139. The molecule has 0 saturated carbocycles. The van der Waals surface area contributed by atoms with Gasteiger partial charge in [-0.3, -0.25) is 0 Å². The lowest BCUT2D eigenvalue weighted by Gasteiger charge is -2.09. The van der Waals surface area contributed by atoms with Crippen molar-refractivity contribution in [1.29, 1.82) is 0 Å². The molecular formula is C16H24N6O3. The van der Waals surface area contributed by atoms with Crippen LogP contribution in [-0.2, 0) is 0 Å². The molecule has 0 atom stereocenters. The van der Waals surface area contributed by atoms with Crippen LogP contribution >= 0.6 is 0 Å². The summed E-state index contributed by atoms with van der Waals surface area (Å²) in [5.41, 5.74) is 0.514. The van der Waals surface area contributed by atoms with Gasteiger partial charge in [0.1, 0.15) is 5.56 Å². The van der Waals surface area contributed by atoms with E-state index >= 15 is 0 Å². The Morgan fingerprint density at radius 3 is 2.24 bits per heavy atom. The topological polar surface area (TPSA) is 105 Å². The van der Waals surface area contributed by atoms with Gasteiger partial charge in [0.25, 0.3) is 0 Å². The first kappa shape index (κ1) is 18.8. The van der Waals surface area contributed by atoms with E-state index in [-0.39, 0.29) is 12.0 Å². The summed E-state index contributed by atoms with van der Waals surface area (Å²) in [6.07, 6.45) is 8.58. The monoisotopic (exact) mass is 348 g/mol. The highest BCUT2D eigenvalue weighted by Gasteiger charge is 2.16. The van der Waals surface area contributed by atoms with Crippen molar-refractivity contribution in [3.63, 3.8) is 0 Å². The minimum Gasteiger partial charge on any atom is -0.476 e. The minimum atomic E-state index is 0.139. The van der Waals surface area contributed by atoms with Crippen LogP contribution in [0.5, 0.6) is 17.9 Å². The highest BCUT2D eigenvalue weighted by atomic mass is 16.5. The van der Waals surface area contributed by atoms with Crippen molar-refractivity contribution in [2.75, 3.05) is 20.8 Å². The van der Waals surface area contributed by atoms with Crippen LogP contribution < -0.4 is 14.2 Å². The molecule has 0 bridgehead atoms. The van der Waals surface area contributed by atoms with Gasteiger partial charge in [-0.05, 0) is 11.6 Å². The molecule has 0 saturated heterocycles. The van der Waals surface area contributed by atoms with Crippen LogP contribution in [0.1, 0.15) is 45.4 Å². The van der Waals surface area contributed by atoms with E-state index in [9.17, 15) is 0 Å². The van der Waals surface area contributed by atoms with Gasteiger partial charge in [-0.25, -0.2) is 0 Å². The summed E-state index contributed by atoms with van der Waals surface area (Å²) in [5.74, 6) is 0.642. The summed E-state index contributed by atoms with van der Waals surface area (Å²) < 4.78 is 15.9. The quantitative estimate of drug-likeness (QED) is 0.566. The van der Waals surface area contributed by atoms with E-state index in [1.807, 2.05) is 0 Å². The molecule has 9 nitrogen and oxygen atoms in total. The summed E-state index contributed by atoms with van der Waals surface area (Å²) in [6, 6.07) is 0.279. The molecule has 0 aliphatic rings. The molecule has 0 radical (unpaired) electrons. The maximum absolute atomic E-state index is 5.75. The highest BCUT2D eigenvalue weighted by Crippen LogP contribution is 2.26. The zero-order chi connectivity index (χ0) is 17.9. The van der Waals surface area contributed by atoms with Crippen LogP contribution in [0.3, 0.4) is 0 Å². The van der Waals surface area contributed by atoms with Gasteiger partial charge < -0.3 is 14.2 Å². The third-order valence-electron chi connectivity index (χ3n) is 3.54. The average molecular weight is 348 g/mol. The summed E-state index contributed by atoms with van der Waals surface area (Å²) >= 11 is 0. The van der Waals surface area contributed by atoms with Crippen molar-refractivity contribution in [3.8, 4) is 29.3 Å². The lowest BCUT2D eigenvalue weighted by atomic mass is 10.1. The molecule has 0 aromatic carbocycles. The molecule has 136 valence electrons. The molecule has 0 N–H and O–H groups in total. The predicted octanol–water partition coefficient (Wildman–Crippen LogP) is 2.48. The largest absolute Gasteiger partial charge is 0.476 e. The fraction of sp³-hybridized carbons (Fsp3) is 0.625. The molecule has 2 rings (SSSR count). The number of hydrogen-bond donors (Lipinski definition) is 0. The second-order valence-electron chi connectivity index (χ2n) is 5.40. The lowest BCUT2D eigenvalue weighted by Crippen LogP contribution is -2.06. The van der Waals surface area contributed by atoms with Crippen molar-refractivity contribution in [1.82, 2.24) is 30.4 Å². The van der Waals surface area contributed by atoms with E-state index in [1.165, 1.54) is 46.1 Å². The molecule has 2 aromatic rings. The Morgan fingerprint density at radius 2 is 1.56 bits per heavy atom. The Bertz CT molecular complexity index is 633. The molecule has 2 heterocycles. The number of rotatable bonds is 11. The number of ether oxygens (including phenoxy) is 3. The zero-order valence-corrected chi connectivity index (χ0v) is 14.9. The Morgan fingerprint density at radius 1 is 0.880 bits per heavy atom. The number of aromatic nitrogens is 6. The Kier molecular flexibility index (Phi) is 7.74. The van der Waals surface area contributed by atoms with Gasteiger partial charge in [0.05, 0.1) is 27.0 Å². The van der Waals surface area contributed by atoms with Gasteiger partial charge in [-0.2, -0.15) is 9.97 Å². The smallest absolute Gasteiger partial charge is 0.322 e. The number of nitrogens with zero attached hydrogens (tertiary/aromatic N) is 6. The molecule has 0 aliphatic heterocycles. The first-order valence-electron chi connectivity index (χ1n) is 8.44. The maximum atomic E-state index is 5.75. The first-order valence-corrected chi connectivity index (χ1v) is 8.44. The van der Waals surface area contributed by atoms with Crippen molar-refractivity contribution in [3.05, 3.63) is 6.20 Å². The standard InChI is InChI=1S/C16H24N6O3/c1-4-5-6-7-8-9-10-25-14-12(11-17-22-21-14)13-18-15(23-2)20-16(19-13)24-3/h11H,4-10H2,1-3H3. The first-order chi connectivity index (χ1) is 12.3. The summed E-state index contributed by atoms with van der Waals surface area (Å²) in [5, 5.41) is 11.4. The average Bonchev–Trinajstić information content (AvgIpc) is 2.67. The molecule has 2 aromatic heterocycles.